The van der Waals surface area contributed by atoms with Gasteiger partial charge in [0.15, 0.2) is 0 Å². The summed E-state index contributed by atoms with van der Waals surface area (Å²) < 4.78 is 32.0. The number of nitrogens with one attached hydrogen (secondary N) is 8. The highest BCUT2D eigenvalue weighted by atomic mass is 16.6. The Morgan fingerprint density at radius 1 is 0.236 bits per heavy atom. The van der Waals surface area contributed by atoms with Gasteiger partial charge < -0.3 is 18.9 Å². The van der Waals surface area contributed by atoms with Crippen LogP contribution in [-0.4, -0.2) is 98.2 Å². The summed E-state index contributed by atoms with van der Waals surface area (Å²) in [6, 6.07) is 0. The third kappa shape index (κ3) is 11.5. The Hall–Kier alpha value is -0.480. The first-order valence-corrected chi connectivity index (χ1v) is 31.0. The molecule has 4 saturated carbocycles. The van der Waals surface area contributed by atoms with Gasteiger partial charge in [0.2, 0.25) is 0 Å². The molecule has 0 spiro atoms. The van der Waals surface area contributed by atoms with Gasteiger partial charge in [-0.2, -0.15) is 0 Å². The van der Waals surface area contributed by atoms with E-state index in [-0.39, 0.29) is 97.7 Å². The van der Waals surface area contributed by atoms with Crippen molar-refractivity contribution in [2.75, 3.05) is 0 Å². The van der Waals surface area contributed by atoms with E-state index in [1.54, 1.807) is 0 Å². The van der Waals surface area contributed by atoms with Crippen LogP contribution in [0.25, 0.3) is 0 Å². The molecule has 416 valence electrons. The smallest absolute Gasteiger partial charge is 0.113 e. The zero-order valence-electron chi connectivity index (χ0n) is 48.6. The molecular weight excluding hydrogens is 897 g/mol. The van der Waals surface area contributed by atoms with E-state index in [4.69, 9.17) is 18.9 Å². The number of rotatable bonds is 16. The molecule has 20 unspecified atom stereocenters. The maximum atomic E-state index is 8.04. The number of hydrogen-bond acceptors (Lipinski definition) is 12. The van der Waals surface area contributed by atoms with Gasteiger partial charge in [-0.25, -0.2) is 0 Å². The largest absolute Gasteiger partial charge is 0.371 e. The fourth-order valence-electron chi connectivity index (χ4n) is 17.7. The highest BCUT2D eigenvalue weighted by Crippen LogP contribution is 2.50. The monoisotopic (exact) mass is 1010 g/mol. The van der Waals surface area contributed by atoms with Crippen molar-refractivity contribution in [3.63, 3.8) is 0 Å². The first-order chi connectivity index (χ1) is 34.3. The number of fused-ring (bicyclic) bond motifs is 20. The van der Waals surface area contributed by atoms with E-state index in [9.17, 15) is 0 Å². The lowest BCUT2D eigenvalue weighted by Gasteiger charge is -2.54. The molecule has 0 radical (unpaired) electrons. The Morgan fingerprint density at radius 2 is 0.403 bits per heavy atom. The SMILES string of the molecule is CC(C)C(OC1C(OC(C(C)C)C(C)C)C(OC(C(C)C)C(C)C)C2C3NC4NC(NC5NC(NC6NC(NC(N3)C2C1OC(C(C)C)C(C)C)C1CCCCC61)C1CCCCC51)C1CCCCC41)C(C)C. The number of hydrogen-bond donors (Lipinski definition) is 8. The summed E-state index contributed by atoms with van der Waals surface area (Å²) in [5.74, 6) is 6.08. The van der Waals surface area contributed by atoms with Crippen LogP contribution >= 0.6 is 0 Å². The molecular formula is C60H112N8O4. The molecule has 0 aromatic carbocycles. The zero-order valence-corrected chi connectivity index (χ0v) is 48.6. The van der Waals surface area contributed by atoms with E-state index in [2.05, 4.69) is 153 Å². The average Bonchev–Trinajstić information content (AvgIpc) is 4.06. The van der Waals surface area contributed by atoms with Gasteiger partial charge in [-0.1, -0.05) is 149 Å². The van der Waals surface area contributed by atoms with Gasteiger partial charge in [-0.3, -0.25) is 42.5 Å². The second kappa shape index (κ2) is 23.9. The van der Waals surface area contributed by atoms with Crippen LogP contribution in [0.3, 0.4) is 0 Å². The molecule has 8 N–H and O–H groups in total. The van der Waals surface area contributed by atoms with E-state index in [1.165, 1.54) is 77.0 Å². The van der Waals surface area contributed by atoms with Crippen LogP contribution in [0.1, 0.15) is 188 Å². The highest BCUT2D eigenvalue weighted by Gasteiger charge is 2.65. The lowest BCUT2D eigenvalue weighted by Crippen LogP contribution is -2.68. The fourth-order valence-corrected chi connectivity index (χ4v) is 17.7. The van der Waals surface area contributed by atoms with Crippen LogP contribution in [0.5, 0.6) is 0 Å². The Bertz CT molecular complexity index is 1550. The minimum Gasteiger partial charge on any atom is -0.371 e. The summed E-state index contributed by atoms with van der Waals surface area (Å²) in [6.07, 6.45) is 15.7. The Labute approximate surface area is 440 Å². The summed E-state index contributed by atoms with van der Waals surface area (Å²) in [5.41, 5.74) is 0. The zero-order chi connectivity index (χ0) is 51.4. The Balaban J connectivity index is 1.22. The topological polar surface area (TPSA) is 133 Å². The molecule has 12 heteroatoms. The van der Waals surface area contributed by atoms with Crippen molar-refractivity contribution in [3.05, 3.63) is 0 Å². The van der Waals surface area contributed by atoms with Crippen molar-refractivity contribution < 1.29 is 18.9 Å². The quantitative estimate of drug-likeness (QED) is 0.0750. The first-order valence-electron chi connectivity index (χ1n) is 31.0. The normalized spacial score (nSPS) is 42.5. The maximum Gasteiger partial charge on any atom is 0.113 e. The van der Waals surface area contributed by atoms with Crippen molar-refractivity contribution in [1.82, 2.24) is 42.5 Å². The molecule has 9 aliphatic rings. The molecule has 5 saturated heterocycles. The fraction of sp³-hybridized carbons (Fsp3) is 1.00. The van der Waals surface area contributed by atoms with E-state index in [1.807, 2.05) is 0 Å². The van der Waals surface area contributed by atoms with Crippen LogP contribution in [0.2, 0.25) is 0 Å². The minimum atomic E-state index is -0.357. The van der Waals surface area contributed by atoms with Crippen molar-refractivity contribution >= 4 is 0 Å². The first kappa shape index (κ1) is 56.2. The van der Waals surface area contributed by atoms with Crippen molar-refractivity contribution in [3.8, 4) is 0 Å². The molecule has 72 heavy (non-hydrogen) atoms. The maximum absolute atomic E-state index is 8.04. The Kier molecular flexibility index (Phi) is 18.6. The molecule has 0 aromatic heterocycles. The van der Waals surface area contributed by atoms with Gasteiger partial charge in [0, 0.05) is 11.8 Å². The summed E-state index contributed by atoms with van der Waals surface area (Å²) in [5, 5.41) is 35.3. The molecule has 9 rings (SSSR count). The molecule has 12 nitrogen and oxygen atoms in total. The summed E-state index contributed by atoms with van der Waals surface area (Å²) >= 11 is 0. The molecule has 8 bridgehead atoms. The molecule has 0 aromatic rings. The van der Waals surface area contributed by atoms with Gasteiger partial charge in [0.05, 0.1) is 86.0 Å². The van der Waals surface area contributed by atoms with E-state index < -0.39 is 0 Å². The van der Waals surface area contributed by atoms with Crippen LogP contribution in [-0.2, 0) is 18.9 Å². The van der Waals surface area contributed by atoms with Crippen LogP contribution in [0, 0.1) is 94.7 Å². The third-order valence-corrected chi connectivity index (χ3v) is 20.5. The molecule has 5 heterocycles. The lowest BCUT2D eigenvalue weighted by atomic mass is 9.70. The van der Waals surface area contributed by atoms with E-state index >= 15 is 0 Å². The Morgan fingerprint density at radius 3 is 0.597 bits per heavy atom. The molecule has 9 fully saturated rings. The summed E-state index contributed by atoms with van der Waals surface area (Å²) in [7, 11) is 0. The van der Waals surface area contributed by atoms with Crippen LogP contribution in [0.4, 0.5) is 0 Å². The molecule has 5 aliphatic heterocycles. The summed E-state index contributed by atoms with van der Waals surface area (Å²) in [6.45, 7) is 37.7. The predicted molar refractivity (Wildman–Crippen MR) is 292 cm³/mol. The molecule has 0 amide bonds. The van der Waals surface area contributed by atoms with Crippen molar-refractivity contribution in [2.45, 2.75) is 286 Å². The highest BCUT2D eigenvalue weighted by molar-refractivity contribution is 5.15. The third-order valence-electron chi connectivity index (χ3n) is 20.5. The van der Waals surface area contributed by atoms with E-state index in [0.29, 0.717) is 95.2 Å². The van der Waals surface area contributed by atoms with Crippen LogP contribution < -0.4 is 42.5 Å². The van der Waals surface area contributed by atoms with Gasteiger partial charge in [0.1, 0.15) is 12.2 Å². The lowest BCUT2D eigenvalue weighted by molar-refractivity contribution is -0.288. The number of ether oxygens (including phenoxy) is 4. The molecule has 4 aliphatic carbocycles. The predicted octanol–water partition coefficient (Wildman–Crippen LogP) is 9.31. The standard InChI is InChI=1S/C60H112N8O4/c1-29(2)45(30(3)4)69-49-43-44(50(70-46(31(5)6)32(7)8)52(72-48(35(13)14)36(15)16)51(49)71-47(33(9)10)34(11)12)60-67-58-42-28-22-20-26-40(42)56(65-58)63-54-38-24-18-17-23-37(38)53(61-54)62-55-39-25-19-21-27-41(39)57(64-55)66-59(43)68-60/h29-68H,17-28H2,1-16H3. The average molecular weight is 1010 g/mol. The van der Waals surface area contributed by atoms with Gasteiger partial charge in [0.25, 0.3) is 0 Å². The van der Waals surface area contributed by atoms with Gasteiger partial charge in [-0.15, -0.1) is 0 Å². The second-order valence-electron chi connectivity index (χ2n) is 28.4. The summed E-state index contributed by atoms with van der Waals surface area (Å²) in [4.78, 5) is 0. The second-order valence-corrected chi connectivity index (χ2v) is 28.4. The van der Waals surface area contributed by atoms with Gasteiger partial charge >= 0.3 is 0 Å². The van der Waals surface area contributed by atoms with Crippen molar-refractivity contribution in [2.24, 2.45) is 94.7 Å². The van der Waals surface area contributed by atoms with Crippen LogP contribution in [0.15, 0.2) is 0 Å². The minimum absolute atomic E-state index is 0.0125. The van der Waals surface area contributed by atoms with E-state index in [0.717, 1.165) is 0 Å². The van der Waals surface area contributed by atoms with Gasteiger partial charge in [-0.05, 0) is 121 Å². The molecule has 20 atom stereocenters. The van der Waals surface area contributed by atoms with Crippen molar-refractivity contribution in [1.29, 1.82) is 0 Å².